The molecule has 3 N–H and O–H groups in total. The van der Waals surface area contributed by atoms with Crippen LogP contribution in [0.2, 0.25) is 0 Å². The standard InChI is InChI=1S/C32H49N3O5/c1-9-20(2)22(18-36)35-25(27(38)34-30(6,7)19-29(3,4)5)32-16-15-31(8,40-32)23(24(32)28(35)39)26(37)33-17-21-13-11-10-12-14-21/h10-14,20,22-25,36H,9,15-19H2,1-8H3,(H,33,37)(H,34,38)/t20-,22-,23-,24-,25?,31+,32?/m0/s1. The molecule has 7 atom stereocenters. The Kier molecular flexibility index (Phi) is 8.20. The van der Waals surface area contributed by atoms with Gasteiger partial charge in [-0.15, -0.1) is 0 Å². The maximum Gasteiger partial charge on any atom is 0.246 e. The molecule has 3 aliphatic heterocycles. The third-order valence-electron chi connectivity index (χ3n) is 9.33. The molecule has 4 rings (SSSR count). The van der Waals surface area contributed by atoms with Gasteiger partial charge in [0.05, 0.1) is 30.1 Å². The van der Waals surface area contributed by atoms with E-state index in [2.05, 4.69) is 31.4 Å². The molecule has 3 aliphatic rings. The Morgan fingerprint density at radius 3 is 2.35 bits per heavy atom. The fourth-order valence-electron chi connectivity index (χ4n) is 7.90. The molecule has 8 heteroatoms. The van der Waals surface area contributed by atoms with E-state index in [0.29, 0.717) is 19.4 Å². The Bertz CT molecular complexity index is 1120. The Hall–Kier alpha value is -2.45. The van der Waals surface area contributed by atoms with Crippen LogP contribution in [0.1, 0.15) is 86.6 Å². The van der Waals surface area contributed by atoms with Crippen LogP contribution in [-0.4, -0.2) is 63.2 Å². The lowest BCUT2D eigenvalue weighted by Crippen LogP contribution is -2.62. The number of rotatable bonds is 10. The molecule has 0 aromatic heterocycles. The minimum atomic E-state index is -1.12. The number of hydrogen-bond donors (Lipinski definition) is 3. The summed E-state index contributed by atoms with van der Waals surface area (Å²) in [5, 5.41) is 16.8. The van der Waals surface area contributed by atoms with E-state index in [1.54, 1.807) is 4.90 Å². The van der Waals surface area contributed by atoms with Crippen LogP contribution >= 0.6 is 0 Å². The molecule has 0 radical (unpaired) electrons. The van der Waals surface area contributed by atoms with Crippen LogP contribution in [0, 0.1) is 23.2 Å². The predicted molar refractivity (Wildman–Crippen MR) is 154 cm³/mol. The highest BCUT2D eigenvalue weighted by Gasteiger charge is 2.78. The van der Waals surface area contributed by atoms with E-state index >= 15 is 0 Å². The number of benzene rings is 1. The van der Waals surface area contributed by atoms with Crippen molar-refractivity contribution in [2.75, 3.05) is 6.61 Å². The largest absolute Gasteiger partial charge is 0.394 e. The van der Waals surface area contributed by atoms with E-state index in [4.69, 9.17) is 4.74 Å². The van der Waals surface area contributed by atoms with Gasteiger partial charge in [-0.25, -0.2) is 0 Å². The van der Waals surface area contributed by atoms with Crippen LogP contribution < -0.4 is 10.6 Å². The summed E-state index contributed by atoms with van der Waals surface area (Å²) in [5.41, 5.74) is -1.56. The van der Waals surface area contributed by atoms with Crippen molar-refractivity contribution in [1.82, 2.24) is 15.5 Å². The zero-order chi connectivity index (χ0) is 29.7. The molecule has 3 fully saturated rings. The van der Waals surface area contributed by atoms with Crippen molar-refractivity contribution in [1.29, 1.82) is 0 Å². The first-order valence-electron chi connectivity index (χ1n) is 14.9. The van der Waals surface area contributed by atoms with Crippen molar-refractivity contribution in [3.63, 3.8) is 0 Å². The SMILES string of the molecule is CC[C@H](C)[C@H](CO)N1C(=O)[C@@H]2[C@@H](C(=O)NCc3ccccc3)[C@@]3(C)CCC2(O3)C1C(=O)NC(C)(C)CC(C)(C)C. The van der Waals surface area contributed by atoms with Gasteiger partial charge in [0.2, 0.25) is 17.7 Å². The van der Waals surface area contributed by atoms with Gasteiger partial charge in [0.15, 0.2) is 0 Å². The van der Waals surface area contributed by atoms with Crippen molar-refractivity contribution in [3.8, 4) is 0 Å². The van der Waals surface area contributed by atoms with Gasteiger partial charge in [-0.05, 0) is 56.9 Å². The Labute approximate surface area is 239 Å². The Morgan fingerprint density at radius 1 is 1.12 bits per heavy atom. The highest BCUT2D eigenvalue weighted by atomic mass is 16.5. The molecule has 2 bridgehead atoms. The number of hydrogen-bond acceptors (Lipinski definition) is 5. The Morgan fingerprint density at radius 2 is 1.77 bits per heavy atom. The zero-order valence-corrected chi connectivity index (χ0v) is 25.5. The molecule has 0 saturated carbocycles. The molecule has 8 nitrogen and oxygen atoms in total. The minimum Gasteiger partial charge on any atom is -0.394 e. The van der Waals surface area contributed by atoms with Crippen molar-refractivity contribution in [2.24, 2.45) is 23.2 Å². The van der Waals surface area contributed by atoms with Crippen LogP contribution in [0.15, 0.2) is 30.3 Å². The number of fused-ring (bicyclic) bond motifs is 1. The lowest BCUT2D eigenvalue weighted by atomic mass is 9.66. The number of nitrogens with zero attached hydrogens (tertiary/aromatic N) is 1. The normalized spacial score (nSPS) is 31.2. The fraction of sp³-hybridized carbons (Fsp3) is 0.719. The van der Waals surface area contributed by atoms with E-state index in [0.717, 1.165) is 18.4 Å². The lowest BCUT2D eigenvalue weighted by Gasteiger charge is -2.41. The average Bonchev–Trinajstić information content (AvgIpc) is 3.42. The van der Waals surface area contributed by atoms with Crippen LogP contribution in [0.3, 0.4) is 0 Å². The van der Waals surface area contributed by atoms with Gasteiger partial charge in [-0.1, -0.05) is 71.4 Å². The molecule has 222 valence electrons. The highest BCUT2D eigenvalue weighted by molar-refractivity contribution is 5.99. The number of nitrogens with one attached hydrogen (secondary N) is 2. The first-order valence-corrected chi connectivity index (χ1v) is 14.9. The monoisotopic (exact) mass is 555 g/mol. The quantitative estimate of drug-likeness (QED) is 0.407. The van der Waals surface area contributed by atoms with Gasteiger partial charge in [0.1, 0.15) is 11.6 Å². The van der Waals surface area contributed by atoms with E-state index in [-0.39, 0.29) is 35.7 Å². The summed E-state index contributed by atoms with van der Waals surface area (Å²) in [6, 6.07) is 8.18. The smallest absolute Gasteiger partial charge is 0.246 e. The first-order chi connectivity index (χ1) is 18.6. The van der Waals surface area contributed by atoms with Crippen LogP contribution in [-0.2, 0) is 25.7 Å². The van der Waals surface area contributed by atoms with Crippen molar-refractivity contribution in [2.45, 2.75) is 116 Å². The number of likely N-dealkylation sites (tertiary alicyclic amines) is 1. The van der Waals surface area contributed by atoms with Gasteiger partial charge in [0, 0.05) is 12.1 Å². The van der Waals surface area contributed by atoms with Crippen LogP contribution in [0.25, 0.3) is 0 Å². The van der Waals surface area contributed by atoms with Crippen LogP contribution in [0.4, 0.5) is 0 Å². The Balaban J connectivity index is 1.71. The maximum atomic E-state index is 14.4. The summed E-state index contributed by atoms with van der Waals surface area (Å²) in [6.45, 7) is 16.4. The molecular formula is C32H49N3O5. The highest BCUT2D eigenvalue weighted by Crippen LogP contribution is 2.63. The van der Waals surface area contributed by atoms with E-state index < -0.39 is 40.7 Å². The minimum absolute atomic E-state index is 0.0229. The zero-order valence-electron chi connectivity index (χ0n) is 25.5. The second-order valence-electron chi connectivity index (χ2n) is 14.4. The second-order valence-corrected chi connectivity index (χ2v) is 14.4. The van der Waals surface area contributed by atoms with E-state index in [1.165, 1.54) is 0 Å². The van der Waals surface area contributed by atoms with E-state index in [9.17, 15) is 19.5 Å². The first kappa shape index (κ1) is 30.5. The third-order valence-corrected chi connectivity index (χ3v) is 9.33. The number of aliphatic hydroxyl groups excluding tert-OH is 1. The molecular weight excluding hydrogens is 506 g/mol. The lowest BCUT2D eigenvalue weighted by molar-refractivity contribution is -0.151. The average molecular weight is 556 g/mol. The summed E-state index contributed by atoms with van der Waals surface area (Å²) in [5.74, 6) is -2.33. The predicted octanol–water partition coefficient (Wildman–Crippen LogP) is 3.81. The summed E-state index contributed by atoms with van der Waals surface area (Å²) in [6.07, 6.45) is 2.56. The molecule has 3 amide bonds. The summed E-state index contributed by atoms with van der Waals surface area (Å²) in [4.78, 5) is 44.1. The maximum absolute atomic E-state index is 14.4. The molecule has 3 heterocycles. The van der Waals surface area contributed by atoms with Gasteiger partial charge in [-0.2, -0.15) is 0 Å². The van der Waals surface area contributed by atoms with Gasteiger partial charge >= 0.3 is 0 Å². The van der Waals surface area contributed by atoms with Gasteiger partial charge in [-0.3, -0.25) is 14.4 Å². The molecule has 40 heavy (non-hydrogen) atoms. The number of carbonyl (C=O) groups is 3. The van der Waals surface area contributed by atoms with Crippen molar-refractivity contribution in [3.05, 3.63) is 35.9 Å². The number of aliphatic hydroxyl groups is 1. The topological polar surface area (TPSA) is 108 Å². The summed E-state index contributed by atoms with van der Waals surface area (Å²) >= 11 is 0. The molecule has 2 unspecified atom stereocenters. The molecule has 1 aromatic carbocycles. The van der Waals surface area contributed by atoms with Crippen molar-refractivity contribution < 1.29 is 24.2 Å². The number of ether oxygens (including phenoxy) is 1. The van der Waals surface area contributed by atoms with Crippen LogP contribution in [0.5, 0.6) is 0 Å². The molecule has 0 aliphatic carbocycles. The number of amides is 3. The van der Waals surface area contributed by atoms with E-state index in [1.807, 2.05) is 65.0 Å². The van der Waals surface area contributed by atoms with Crippen molar-refractivity contribution >= 4 is 17.7 Å². The number of carbonyl (C=O) groups excluding carboxylic acids is 3. The van der Waals surface area contributed by atoms with Gasteiger partial charge in [0.25, 0.3) is 0 Å². The molecule has 3 saturated heterocycles. The third kappa shape index (κ3) is 5.41. The second kappa shape index (κ2) is 10.8. The molecule has 1 spiro atoms. The molecule has 1 aromatic rings. The fourth-order valence-corrected chi connectivity index (χ4v) is 7.90. The van der Waals surface area contributed by atoms with Gasteiger partial charge < -0.3 is 25.4 Å². The summed E-state index contributed by atoms with van der Waals surface area (Å²) < 4.78 is 6.75. The summed E-state index contributed by atoms with van der Waals surface area (Å²) in [7, 11) is 0.